The summed E-state index contributed by atoms with van der Waals surface area (Å²) in [6.45, 7) is 4.09. The summed E-state index contributed by atoms with van der Waals surface area (Å²) in [5.41, 5.74) is 3.43. The lowest BCUT2D eigenvalue weighted by Gasteiger charge is -2.39. The minimum atomic E-state index is -3.88. The number of methoxy groups -OCH3 is 1. The van der Waals surface area contributed by atoms with Crippen LogP contribution < -0.4 is 18.5 Å². The maximum Gasteiger partial charge on any atom is 0.407 e. The van der Waals surface area contributed by atoms with Crippen LogP contribution in [0.1, 0.15) is 35.4 Å². The van der Waals surface area contributed by atoms with E-state index in [1.165, 1.54) is 9.21 Å². The number of aryl methyl sites for hydroxylation is 1. The maximum absolute atomic E-state index is 13.8. The number of likely N-dealkylation sites (tertiary alicyclic amines) is 1. The number of piperidine rings is 1. The fraction of sp³-hybridized carbons (Fsp3) is 0.359. The average molecular weight is 717 g/mol. The molecule has 0 aromatic heterocycles. The van der Waals surface area contributed by atoms with Crippen LogP contribution in [-0.2, 0) is 26.1 Å². The average Bonchev–Trinajstić information content (AvgIpc) is 3.15. The van der Waals surface area contributed by atoms with E-state index >= 15 is 0 Å². The Morgan fingerprint density at radius 1 is 0.922 bits per heavy atom. The molecule has 2 aliphatic rings. The normalized spacial score (nSPS) is 18.8. The third-order valence-corrected chi connectivity index (χ3v) is 11.0. The van der Waals surface area contributed by atoms with Crippen molar-refractivity contribution in [3.05, 3.63) is 114 Å². The van der Waals surface area contributed by atoms with Crippen molar-refractivity contribution in [1.82, 2.24) is 4.90 Å². The number of fused-ring (bicyclic) bond motifs is 1. The fourth-order valence-electron chi connectivity index (χ4n) is 6.45. The second kappa shape index (κ2) is 16.5. The molecule has 4 aromatic rings. The maximum atomic E-state index is 13.8. The number of sulfonamides is 1. The molecule has 1 unspecified atom stereocenters. The molecule has 51 heavy (non-hydrogen) atoms. The number of rotatable bonds is 14. The van der Waals surface area contributed by atoms with Gasteiger partial charge in [-0.05, 0) is 61.4 Å². The predicted octanol–water partition coefficient (Wildman–Crippen LogP) is 6.50. The Morgan fingerprint density at radius 3 is 2.43 bits per heavy atom. The number of amides is 1. The van der Waals surface area contributed by atoms with Crippen molar-refractivity contribution < 1.29 is 42.0 Å². The van der Waals surface area contributed by atoms with Gasteiger partial charge in [0.05, 0.1) is 63.3 Å². The van der Waals surface area contributed by atoms with Crippen molar-refractivity contribution in [3.63, 3.8) is 0 Å². The van der Waals surface area contributed by atoms with Crippen LogP contribution in [-0.4, -0.2) is 83.3 Å². The summed E-state index contributed by atoms with van der Waals surface area (Å²) in [6.07, 6.45) is -0.794. The second-order valence-electron chi connectivity index (χ2n) is 12.7. The molecule has 12 heteroatoms. The van der Waals surface area contributed by atoms with Gasteiger partial charge in [-0.2, -0.15) is 0 Å². The number of benzene rings is 4. The fourth-order valence-corrected chi connectivity index (χ4v) is 7.96. The molecule has 1 fully saturated rings. The van der Waals surface area contributed by atoms with E-state index in [4.69, 9.17) is 23.7 Å². The zero-order valence-electron chi connectivity index (χ0n) is 28.8. The molecule has 2 heterocycles. The molecular formula is C39H44N2O9S. The van der Waals surface area contributed by atoms with Gasteiger partial charge in [-0.1, -0.05) is 60.2 Å². The highest BCUT2D eigenvalue weighted by Gasteiger charge is 2.37. The first-order chi connectivity index (χ1) is 24.7. The summed E-state index contributed by atoms with van der Waals surface area (Å²) in [5.74, 6) is 1.90. The van der Waals surface area contributed by atoms with E-state index in [2.05, 4.69) is 0 Å². The number of carboxylic acid groups (broad SMARTS) is 1. The summed E-state index contributed by atoms with van der Waals surface area (Å²) in [6, 6.07) is 29.4. The molecular weight excluding hydrogens is 673 g/mol. The Bertz CT molecular complexity index is 1870. The molecule has 1 N–H and O–H groups in total. The van der Waals surface area contributed by atoms with Gasteiger partial charge in [-0.3, -0.25) is 4.31 Å². The summed E-state index contributed by atoms with van der Waals surface area (Å²) in [5, 5.41) is 9.78. The highest BCUT2D eigenvalue weighted by molar-refractivity contribution is 7.92. The standard InChI is InChI=1S/C39H44N2O9S/c1-28-12-18-33(19-13-28)51(44,45)41-24-32(50-37-11-6-4-9-35(37)41)27-49-38-25-40(39(42)43)21-20-34(38)29-14-16-31(17-15-29)48-23-7-22-47-26-30-8-3-5-10-36(30)46-2/h3-6,8-19,32,34,38H,7,20-27H2,1-2H3,(H,42,43)/t32-,34?,38-/m1/s1. The van der Waals surface area contributed by atoms with Crippen molar-refractivity contribution in [3.8, 4) is 17.2 Å². The molecule has 0 aliphatic carbocycles. The van der Waals surface area contributed by atoms with Crippen LogP contribution in [0.3, 0.4) is 0 Å². The first kappa shape index (κ1) is 36.0. The van der Waals surface area contributed by atoms with Gasteiger partial charge in [0.2, 0.25) is 0 Å². The molecule has 0 saturated carbocycles. The number of hydrogen-bond acceptors (Lipinski definition) is 8. The van der Waals surface area contributed by atoms with Crippen LogP contribution in [0.15, 0.2) is 102 Å². The lowest BCUT2D eigenvalue weighted by molar-refractivity contribution is -0.0399. The van der Waals surface area contributed by atoms with Gasteiger partial charge in [-0.15, -0.1) is 0 Å². The van der Waals surface area contributed by atoms with Crippen molar-refractivity contribution >= 4 is 21.8 Å². The van der Waals surface area contributed by atoms with Gasteiger partial charge < -0.3 is 33.7 Å². The van der Waals surface area contributed by atoms with Crippen molar-refractivity contribution in [2.24, 2.45) is 0 Å². The van der Waals surface area contributed by atoms with E-state index in [0.29, 0.717) is 44.2 Å². The van der Waals surface area contributed by atoms with E-state index in [1.54, 1.807) is 55.6 Å². The Kier molecular flexibility index (Phi) is 11.7. The molecule has 0 bridgehead atoms. The summed E-state index contributed by atoms with van der Waals surface area (Å²) in [7, 11) is -2.24. The van der Waals surface area contributed by atoms with Crippen molar-refractivity contribution in [2.45, 2.75) is 49.4 Å². The third kappa shape index (κ3) is 8.76. The topological polar surface area (TPSA) is 124 Å². The molecule has 0 spiro atoms. The number of hydrogen-bond donors (Lipinski definition) is 1. The van der Waals surface area contributed by atoms with Gasteiger partial charge >= 0.3 is 6.09 Å². The Labute approximate surface area is 299 Å². The van der Waals surface area contributed by atoms with Crippen LogP contribution in [0, 0.1) is 6.92 Å². The minimum absolute atomic E-state index is 0.0464. The van der Waals surface area contributed by atoms with Crippen LogP contribution in [0.4, 0.5) is 10.5 Å². The van der Waals surface area contributed by atoms with E-state index in [1.807, 2.05) is 55.5 Å². The van der Waals surface area contributed by atoms with Crippen LogP contribution >= 0.6 is 0 Å². The molecule has 3 atom stereocenters. The number of ether oxygens (including phenoxy) is 5. The first-order valence-electron chi connectivity index (χ1n) is 17.1. The molecule has 270 valence electrons. The lowest BCUT2D eigenvalue weighted by Crippen LogP contribution is -2.49. The Hall–Kier alpha value is -4.78. The van der Waals surface area contributed by atoms with Crippen LogP contribution in [0.2, 0.25) is 0 Å². The monoisotopic (exact) mass is 716 g/mol. The molecule has 6 rings (SSSR count). The van der Waals surface area contributed by atoms with Gasteiger partial charge in [0.1, 0.15) is 23.4 Å². The number of carbonyl (C=O) groups is 1. The van der Waals surface area contributed by atoms with Crippen LogP contribution in [0.25, 0.3) is 0 Å². The third-order valence-electron chi connectivity index (χ3n) is 9.19. The molecule has 0 radical (unpaired) electrons. The number of nitrogens with zero attached hydrogens (tertiary/aromatic N) is 2. The summed E-state index contributed by atoms with van der Waals surface area (Å²) >= 11 is 0. The zero-order chi connectivity index (χ0) is 35.8. The largest absolute Gasteiger partial charge is 0.496 e. The smallest absolute Gasteiger partial charge is 0.407 e. The van der Waals surface area contributed by atoms with Crippen molar-refractivity contribution in [1.29, 1.82) is 0 Å². The first-order valence-corrected chi connectivity index (χ1v) is 18.5. The SMILES string of the molecule is COc1ccccc1COCCCOc1ccc(C2CCN(C(=O)O)C[C@H]2OC[C@H]2CN(S(=O)(=O)c3ccc(C)cc3)c3ccccc3O2)cc1. The number of anilines is 1. The Balaban J connectivity index is 1.07. The quantitative estimate of drug-likeness (QED) is 0.146. The molecule has 2 aliphatic heterocycles. The highest BCUT2D eigenvalue weighted by atomic mass is 32.2. The van der Waals surface area contributed by atoms with E-state index in [-0.39, 0.29) is 30.5 Å². The van der Waals surface area contributed by atoms with E-state index in [9.17, 15) is 18.3 Å². The summed E-state index contributed by atoms with van der Waals surface area (Å²) < 4.78 is 58.8. The number of para-hydroxylation sites is 3. The van der Waals surface area contributed by atoms with E-state index in [0.717, 1.165) is 34.6 Å². The predicted molar refractivity (Wildman–Crippen MR) is 192 cm³/mol. The molecule has 1 amide bonds. The van der Waals surface area contributed by atoms with Crippen molar-refractivity contribution in [2.75, 3.05) is 50.9 Å². The van der Waals surface area contributed by atoms with Gasteiger partial charge in [-0.25, -0.2) is 13.2 Å². The Morgan fingerprint density at radius 2 is 1.67 bits per heavy atom. The highest BCUT2D eigenvalue weighted by Crippen LogP contribution is 2.38. The molecule has 4 aromatic carbocycles. The second-order valence-corrected chi connectivity index (χ2v) is 14.6. The van der Waals surface area contributed by atoms with Gasteiger partial charge in [0, 0.05) is 24.4 Å². The van der Waals surface area contributed by atoms with Gasteiger partial charge in [0.25, 0.3) is 10.0 Å². The summed E-state index contributed by atoms with van der Waals surface area (Å²) in [4.78, 5) is 13.5. The minimum Gasteiger partial charge on any atom is -0.496 e. The van der Waals surface area contributed by atoms with Crippen LogP contribution in [0.5, 0.6) is 17.2 Å². The van der Waals surface area contributed by atoms with Gasteiger partial charge in [0.15, 0.2) is 0 Å². The lowest BCUT2D eigenvalue weighted by atomic mass is 9.87. The zero-order valence-corrected chi connectivity index (χ0v) is 29.7. The van der Waals surface area contributed by atoms with E-state index < -0.39 is 28.3 Å². The molecule has 1 saturated heterocycles. The molecule has 11 nitrogen and oxygen atoms in total.